The van der Waals surface area contributed by atoms with Gasteiger partial charge in [-0.3, -0.25) is 19.3 Å². The Labute approximate surface area is 231 Å². The van der Waals surface area contributed by atoms with Crippen LogP contribution in [0, 0.1) is 13.8 Å². The molecule has 2 aromatic carbocycles. The van der Waals surface area contributed by atoms with Crippen LogP contribution in [-0.2, 0) is 9.59 Å². The molecule has 1 fully saturated rings. The number of carboxylic acids is 1. The van der Waals surface area contributed by atoms with E-state index in [2.05, 4.69) is 15.5 Å². The summed E-state index contributed by atoms with van der Waals surface area (Å²) >= 11 is 0. The van der Waals surface area contributed by atoms with Crippen molar-refractivity contribution >= 4 is 46.7 Å². The zero-order valence-corrected chi connectivity index (χ0v) is 22.4. The van der Waals surface area contributed by atoms with Gasteiger partial charge in [0.15, 0.2) is 0 Å². The summed E-state index contributed by atoms with van der Waals surface area (Å²) in [6, 6.07) is 14.0. The van der Waals surface area contributed by atoms with Crippen molar-refractivity contribution < 1.29 is 24.3 Å². The second kappa shape index (κ2) is 10.8. The Morgan fingerprint density at radius 3 is 2.45 bits per heavy atom. The van der Waals surface area contributed by atoms with Crippen molar-refractivity contribution in [1.82, 2.24) is 9.47 Å². The number of fused-ring (bicyclic) bond motifs is 1. The van der Waals surface area contributed by atoms with Crippen LogP contribution in [0.3, 0.4) is 0 Å². The van der Waals surface area contributed by atoms with Gasteiger partial charge in [-0.1, -0.05) is 24.3 Å². The fourth-order valence-electron chi connectivity index (χ4n) is 5.71. The highest BCUT2D eigenvalue weighted by Gasteiger charge is 2.33. The standard InChI is InChI=1S/C30H31N5O5/c1-17-24(35(18(2)27(17)30(39)40)26(16-25(31)36)34-12-6-7-13-34)15-22-21-11-10-20(14-23(21)33-29(22)38)32-28(37)19-8-4-3-5-9-19/h3-5,8-11,14-15,26H,6-7,12-13,16H2,1-2H3,(H2,31,36)(H,32,37)(H,33,38)(H,39,40). The number of aromatic nitrogens is 1. The molecular formula is C30H31N5O5. The second-order valence-corrected chi connectivity index (χ2v) is 10.1. The third-order valence-electron chi connectivity index (χ3n) is 7.58. The SMILES string of the molecule is Cc1c(C(=O)O)c(C)n(C(CC(N)=O)N2CCCC2)c1C=C1C(=O)Nc2cc(NC(=O)c3ccccc3)ccc21. The molecule has 0 aliphatic carbocycles. The van der Waals surface area contributed by atoms with Crippen molar-refractivity contribution in [3.63, 3.8) is 0 Å². The number of nitrogens with one attached hydrogen (secondary N) is 2. The molecule has 40 heavy (non-hydrogen) atoms. The van der Waals surface area contributed by atoms with Crippen LogP contribution in [0.25, 0.3) is 11.6 Å². The largest absolute Gasteiger partial charge is 0.478 e. The van der Waals surface area contributed by atoms with Crippen LogP contribution >= 0.6 is 0 Å². The summed E-state index contributed by atoms with van der Waals surface area (Å²) in [4.78, 5) is 52.3. The van der Waals surface area contributed by atoms with E-state index in [1.54, 1.807) is 62.4 Å². The van der Waals surface area contributed by atoms with Gasteiger partial charge in [0.05, 0.1) is 29.4 Å². The summed E-state index contributed by atoms with van der Waals surface area (Å²) in [6.45, 7) is 4.94. The number of aromatic carboxylic acids is 1. The Kier molecular flexibility index (Phi) is 7.27. The molecule has 0 saturated carbocycles. The van der Waals surface area contributed by atoms with Gasteiger partial charge in [0.1, 0.15) is 0 Å². The number of amides is 3. The maximum atomic E-state index is 13.2. The number of carboxylic acid groups (broad SMARTS) is 1. The smallest absolute Gasteiger partial charge is 0.337 e. The van der Waals surface area contributed by atoms with E-state index in [9.17, 15) is 24.3 Å². The van der Waals surface area contributed by atoms with Gasteiger partial charge in [0.25, 0.3) is 11.8 Å². The molecule has 1 atom stereocenters. The van der Waals surface area contributed by atoms with E-state index in [0.717, 1.165) is 25.9 Å². The number of hydrogen-bond acceptors (Lipinski definition) is 5. The first kappa shape index (κ1) is 26.9. The molecule has 3 aromatic rings. The summed E-state index contributed by atoms with van der Waals surface area (Å²) in [5.41, 5.74) is 9.84. The fraction of sp³-hybridized carbons (Fsp3) is 0.267. The minimum absolute atomic E-state index is 0.0114. The number of rotatable bonds is 8. The zero-order valence-electron chi connectivity index (χ0n) is 22.4. The highest BCUT2D eigenvalue weighted by atomic mass is 16.4. The molecule has 10 nitrogen and oxygen atoms in total. The monoisotopic (exact) mass is 541 g/mol. The minimum Gasteiger partial charge on any atom is -0.478 e. The molecule has 5 N–H and O–H groups in total. The van der Waals surface area contributed by atoms with E-state index in [4.69, 9.17) is 5.73 Å². The highest BCUT2D eigenvalue weighted by molar-refractivity contribution is 6.35. The molecule has 1 aromatic heterocycles. The maximum absolute atomic E-state index is 13.2. The van der Waals surface area contributed by atoms with Crippen molar-refractivity contribution in [2.24, 2.45) is 5.73 Å². The summed E-state index contributed by atoms with van der Waals surface area (Å²) in [6.07, 6.45) is 3.16. The summed E-state index contributed by atoms with van der Waals surface area (Å²) in [7, 11) is 0. The van der Waals surface area contributed by atoms with E-state index >= 15 is 0 Å². The van der Waals surface area contributed by atoms with Gasteiger partial charge in [0.2, 0.25) is 5.91 Å². The lowest BCUT2D eigenvalue weighted by atomic mass is 10.0. The lowest BCUT2D eigenvalue weighted by Gasteiger charge is -2.30. The van der Waals surface area contributed by atoms with Gasteiger partial charge in [-0.2, -0.15) is 0 Å². The Bertz CT molecular complexity index is 1550. The Balaban J connectivity index is 1.56. The number of benzene rings is 2. The predicted molar refractivity (Wildman–Crippen MR) is 152 cm³/mol. The van der Waals surface area contributed by atoms with Gasteiger partial charge >= 0.3 is 5.97 Å². The number of primary amides is 1. The predicted octanol–water partition coefficient (Wildman–Crippen LogP) is 4.02. The average molecular weight is 542 g/mol. The van der Waals surface area contributed by atoms with Crippen LogP contribution in [0.1, 0.15) is 68.7 Å². The lowest BCUT2D eigenvalue weighted by molar-refractivity contribution is -0.120. The molecule has 3 heterocycles. The molecule has 0 radical (unpaired) electrons. The van der Waals surface area contributed by atoms with Crippen LogP contribution in [0.2, 0.25) is 0 Å². The van der Waals surface area contributed by atoms with Crippen LogP contribution in [0.15, 0.2) is 48.5 Å². The first-order valence-corrected chi connectivity index (χ1v) is 13.2. The van der Waals surface area contributed by atoms with Crippen molar-refractivity contribution in [2.45, 2.75) is 39.3 Å². The topological polar surface area (TPSA) is 147 Å². The molecule has 1 unspecified atom stereocenters. The molecule has 2 aliphatic rings. The number of hydrogen-bond donors (Lipinski definition) is 4. The molecule has 0 bridgehead atoms. The summed E-state index contributed by atoms with van der Waals surface area (Å²) in [5, 5.41) is 15.7. The Morgan fingerprint density at radius 2 is 1.80 bits per heavy atom. The third kappa shape index (κ3) is 5.01. The molecule has 3 amide bonds. The molecule has 0 spiro atoms. The van der Waals surface area contributed by atoms with Gasteiger partial charge < -0.3 is 26.0 Å². The molecule has 5 rings (SSSR count). The van der Waals surface area contributed by atoms with Gasteiger partial charge in [-0.15, -0.1) is 0 Å². The first-order chi connectivity index (χ1) is 19.2. The second-order valence-electron chi connectivity index (χ2n) is 10.1. The quantitative estimate of drug-likeness (QED) is 0.317. The normalized spacial score (nSPS) is 16.6. The first-order valence-electron chi connectivity index (χ1n) is 13.2. The van der Waals surface area contributed by atoms with E-state index < -0.39 is 18.0 Å². The van der Waals surface area contributed by atoms with Crippen molar-refractivity contribution in [3.8, 4) is 0 Å². The third-order valence-corrected chi connectivity index (χ3v) is 7.58. The molecule has 10 heteroatoms. The van der Waals surface area contributed by atoms with Gasteiger partial charge in [-0.05, 0) is 62.6 Å². The van der Waals surface area contributed by atoms with Crippen LogP contribution < -0.4 is 16.4 Å². The Morgan fingerprint density at radius 1 is 1.10 bits per heavy atom. The average Bonchev–Trinajstić information content (AvgIpc) is 3.61. The Hall–Kier alpha value is -4.70. The molecule has 2 aliphatic heterocycles. The van der Waals surface area contributed by atoms with Crippen molar-refractivity contribution in [1.29, 1.82) is 0 Å². The number of carbonyl (C=O) groups excluding carboxylic acids is 3. The minimum atomic E-state index is -1.08. The highest BCUT2D eigenvalue weighted by Crippen LogP contribution is 2.38. The summed E-state index contributed by atoms with van der Waals surface area (Å²) < 4.78 is 1.83. The lowest BCUT2D eigenvalue weighted by Crippen LogP contribution is -2.35. The van der Waals surface area contributed by atoms with Crippen molar-refractivity contribution in [2.75, 3.05) is 23.7 Å². The van der Waals surface area contributed by atoms with E-state index in [-0.39, 0.29) is 23.8 Å². The van der Waals surface area contributed by atoms with Gasteiger partial charge in [-0.25, -0.2) is 4.79 Å². The maximum Gasteiger partial charge on any atom is 0.337 e. The number of anilines is 2. The number of carbonyl (C=O) groups is 4. The van der Waals surface area contributed by atoms with E-state index in [1.807, 2.05) is 10.6 Å². The molecular weight excluding hydrogens is 510 g/mol. The summed E-state index contributed by atoms with van der Waals surface area (Å²) in [5.74, 6) is -2.20. The van der Waals surface area contributed by atoms with E-state index in [1.165, 1.54) is 0 Å². The zero-order chi connectivity index (χ0) is 28.6. The van der Waals surface area contributed by atoms with Gasteiger partial charge in [0, 0.05) is 41.3 Å². The fourth-order valence-corrected chi connectivity index (χ4v) is 5.71. The number of nitrogens with zero attached hydrogens (tertiary/aromatic N) is 2. The van der Waals surface area contributed by atoms with E-state index in [0.29, 0.717) is 45.0 Å². The van der Waals surface area contributed by atoms with Crippen LogP contribution in [0.4, 0.5) is 11.4 Å². The molecule has 206 valence electrons. The molecule has 1 saturated heterocycles. The van der Waals surface area contributed by atoms with Crippen LogP contribution in [-0.4, -0.2) is 51.4 Å². The van der Waals surface area contributed by atoms with Crippen molar-refractivity contribution in [3.05, 3.63) is 82.2 Å². The van der Waals surface area contributed by atoms with Crippen LogP contribution in [0.5, 0.6) is 0 Å². The number of nitrogens with two attached hydrogens (primary N) is 1. The number of likely N-dealkylation sites (tertiary alicyclic amines) is 1.